The van der Waals surface area contributed by atoms with E-state index in [0.717, 1.165) is 23.1 Å². The number of nitrogens with one attached hydrogen (secondary N) is 1. The molecule has 2 aromatic carbocycles. The van der Waals surface area contributed by atoms with Gasteiger partial charge in [-0.3, -0.25) is 9.59 Å². The highest BCUT2D eigenvalue weighted by Crippen LogP contribution is 2.32. The van der Waals surface area contributed by atoms with Gasteiger partial charge in [0.1, 0.15) is 17.9 Å². The van der Waals surface area contributed by atoms with Gasteiger partial charge < -0.3 is 9.47 Å². The highest BCUT2D eigenvalue weighted by Gasteiger charge is 2.26. The van der Waals surface area contributed by atoms with Crippen LogP contribution in [0.1, 0.15) is 31.5 Å². The van der Waals surface area contributed by atoms with Crippen molar-refractivity contribution in [3.05, 3.63) is 81.8 Å². The van der Waals surface area contributed by atoms with Crippen LogP contribution in [0.3, 0.4) is 0 Å². The summed E-state index contributed by atoms with van der Waals surface area (Å²) in [5.74, 6) is -2.63. The Labute approximate surface area is 228 Å². The number of halogens is 2. The van der Waals surface area contributed by atoms with Gasteiger partial charge in [-0.15, -0.1) is 0 Å². The van der Waals surface area contributed by atoms with E-state index in [1.165, 1.54) is 22.9 Å². The van der Waals surface area contributed by atoms with Crippen molar-refractivity contribution in [2.75, 3.05) is 13.7 Å². The quantitative estimate of drug-likeness (QED) is 0.354. The average Bonchev–Trinajstić information content (AvgIpc) is 2.96. The first-order valence-corrected chi connectivity index (χ1v) is 12.8. The molecule has 9 nitrogen and oxygen atoms in total. The normalized spacial score (nSPS) is 15.1. The predicted molar refractivity (Wildman–Crippen MR) is 145 cm³/mol. The second kappa shape index (κ2) is 11.2. The number of aromatic nitrogens is 3. The molecular weight excluding hydrogens is 520 g/mol. The smallest absolute Gasteiger partial charge is 0.266 e. The SMILES string of the molecule is CCc1ccc2c(-c3ccc(=O)n(CCOc4ccc(C5=NNC(=O)CC5C)c(F)c4F)n3)ccc(OC)c2n1. The zero-order chi connectivity index (χ0) is 28.4. The van der Waals surface area contributed by atoms with Gasteiger partial charge in [-0.05, 0) is 42.8 Å². The van der Waals surface area contributed by atoms with Crippen molar-refractivity contribution >= 4 is 22.5 Å². The van der Waals surface area contributed by atoms with E-state index in [0.29, 0.717) is 17.0 Å². The molecule has 0 saturated heterocycles. The monoisotopic (exact) mass is 547 g/mol. The van der Waals surface area contributed by atoms with Crippen molar-refractivity contribution in [3.63, 3.8) is 0 Å². The van der Waals surface area contributed by atoms with Crippen LogP contribution in [0.25, 0.3) is 22.2 Å². The molecular formula is C29H27F2N5O4. The Balaban J connectivity index is 1.36. The van der Waals surface area contributed by atoms with Crippen molar-refractivity contribution in [2.45, 2.75) is 33.2 Å². The first-order valence-electron chi connectivity index (χ1n) is 12.8. The molecule has 206 valence electrons. The van der Waals surface area contributed by atoms with E-state index in [2.05, 4.69) is 15.6 Å². The topological polar surface area (TPSA) is 108 Å². The summed E-state index contributed by atoms with van der Waals surface area (Å²) in [7, 11) is 1.58. The summed E-state index contributed by atoms with van der Waals surface area (Å²) in [4.78, 5) is 28.7. The van der Waals surface area contributed by atoms with Crippen molar-refractivity contribution in [1.29, 1.82) is 0 Å². The van der Waals surface area contributed by atoms with Crippen LogP contribution in [0.15, 0.2) is 58.4 Å². The lowest BCUT2D eigenvalue weighted by molar-refractivity contribution is -0.121. The second-order valence-corrected chi connectivity index (χ2v) is 9.37. The van der Waals surface area contributed by atoms with Crippen LogP contribution >= 0.6 is 0 Å². The molecule has 11 heteroatoms. The minimum absolute atomic E-state index is 0.00240. The van der Waals surface area contributed by atoms with Crippen LogP contribution in [0.2, 0.25) is 0 Å². The van der Waals surface area contributed by atoms with Crippen LogP contribution in [-0.2, 0) is 17.8 Å². The summed E-state index contributed by atoms with van der Waals surface area (Å²) in [6.45, 7) is 3.60. The summed E-state index contributed by atoms with van der Waals surface area (Å²) in [5, 5.41) is 9.20. The third-order valence-corrected chi connectivity index (χ3v) is 6.75. The van der Waals surface area contributed by atoms with Gasteiger partial charge in [-0.2, -0.15) is 14.6 Å². The highest BCUT2D eigenvalue weighted by atomic mass is 19.2. The number of fused-ring (bicyclic) bond motifs is 1. The van der Waals surface area contributed by atoms with Gasteiger partial charge >= 0.3 is 0 Å². The number of methoxy groups -OCH3 is 1. The summed E-state index contributed by atoms with van der Waals surface area (Å²) in [5.41, 5.74) is 5.05. The summed E-state index contributed by atoms with van der Waals surface area (Å²) in [6.07, 6.45) is 0.896. The number of nitrogens with zero attached hydrogens (tertiary/aromatic N) is 4. The van der Waals surface area contributed by atoms with E-state index in [-0.39, 0.29) is 54.0 Å². The fourth-order valence-corrected chi connectivity index (χ4v) is 4.63. The number of hydrogen-bond acceptors (Lipinski definition) is 7. The fraction of sp³-hybridized carbons (Fsp3) is 0.276. The molecule has 0 fully saturated rings. The van der Waals surface area contributed by atoms with Gasteiger partial charge in [0.2, 0.25) is 11.7 Å². The molecule has 0 bridgehead atoms. The lowest BCUT2D eigenvalue weighted by atomic mass is 9.93. The van der Waals surface area contributed by atoms with Crippen LogP contribution < -0.4 is 20.5 Å². The fourth-order valence-electron chi connectivity index (χ4n) is 4.63. The van der Waals surface area contributed by atoms with Crippen LogP contribution in [0.4, 0.5) is 8.78 Å². The van der Waals surface area contributed by atoms with Gasteiger partial charge in [-0.25, -0.2) is 19.5 Å². The van der Waals surface area contributed by atoms with E-state index in [4.69, 9.17) is 14.5 Å². The van der Waals surface area contributed by atoms with Gasteiger partial charge in [0.15, 0.2) is 11.6 Å². The molecule has 0 saturated carbocycles. The molecule has 0 radical (unpaired) electrons. The number of benzene rings is 2. The minimum atomic E-state index is -1.18. The predicted octanol–water partition coefficient (Wildman–Crippen LogP) is 4.25. The lowest BCUT2D eigenvalue weighted by Crippen LogP contribution is -2.32. The van der Waals surface area contributed by atoms with Crippen LogP contribution in [0, 0.1) is 17.6 Å². The zero-order valence-electron chi connectivity index (χ0n) is 22.2. The molecule has 40 heavy (non-hydrogen) atoms. The summed E-state index contributed by atoms with van der Waals surface area (Å²) >= 11 is 0. The first kappa shape index (κ1) is 26.9. The van der Waals surface area contributed by atoms with E-state index in [1.807, 2.05) is 25.1 Å². The number of hydrogen-bond donors (Lipinski definition) is 1. The maximum atomic E-state index is 14.9. The number of aryl methyl sites for hydroxylation is 1. The molecule has 0 aliphatic carbocycles. The number of amides is 1. The third-order valence-electron chi connectivity index (χ3n) is 6.75. The average molecular weight is 548 g/mol. The van der Waals surface area contributed by atoms with E-state index < -0.39 is 11.6 Å². The van der Waals surface area contributed by atoms with Crippen molar-refractivity contribution < 1.29 is 23.0 Å². The number of ether oxygens (including phenoxy) is 2. The van der Waals surface area contributed by atoms with Gasteiger partial charge in [-0.1, -0.05) is 19.9 Å². The molecule has 1 atom stereocenters. The molecule has 5 rings (SSSR count). The Bertz CT molecular complexity index is 1700. The second-order valence-electron chi connectivity index (χ2n) is 9.37. The van der Waals surface area contributed by atoms with E-state index in [1.54, 1.807) is 26.2 Å². The Hall–Kier alpha value is -4.67. The van der Waals surface area contributed by atoms with E-state index in [9.17, 15) is 18.4 Å². The molecule has 0 spiro atoms. The Morgan fingerprint density at radius 3 is 2.52 bits per heavy atom. The van der Waals surface area contributed by atoms with Crippen molar-refractivity contribution in [3.8, 4) is 22.8 Å². The van der Waals surface area contributed by atoms with Crippen LogP contribution in [-0.4, -0.2) is 40.1 Å². The maximum absolute atomic E-state index is 14.9. The molecule has 1 aliphatic rings. The molecule has 1 amide bonds. The molecule has 2 aromatic heterocycles. The van der Waals surface area contributed by atoms with Crippen molar-refractivity contribution in [1.82, 2.24) is 20.2 Å². The first-order chi connectivity index (χ1) is 19.3. The Morgan fingerprint density at radius 1 is 1.00 bits per heavy atom. The van der Waals surface area contributed by atoms with Gasteiger partial charge in [0.05, 0.1) is 25.1 Å². The maximum Gasteiger partial charge on any atom is 0.266 e. The number of rotatable bonds is 8. The summed E-state index contributed by atoms with van der Waals surface area (Å²) < 4.78 is 41.9. The summed E-state index contributed by atoms with van der Waals surface area (Å²) in [6, 6.07) is 13.2. The van der Waals surface area contributed by atoms with Crippen LogP contribution in [0.5, 0.6) is 11.5 Å². The zero-order valence-corrected chi connectivity index (χ0v) is 22.2. The van der Waals surface area contributed by atoms with Gasteiger partial charge in [0.25, 0.3) is 5.56 Å². The van der Waals surface area contributed by atoms with Gasteiger partial charge in [0, 0.05) is 40.6 Å². The lowest BCUT2D eigenvalue weighted by Gasteiger charge is -2.20. The molecule has 1 unspecified atom stereocenters. The standard InChI is InChI=1S/C29H27F2N5O4/c1-4-17-5-6-19-18(7-11-23(39-3)29(19)32-17)21-9-12-25(38)36(35-21)13-14-40-22-10-8-20(26(30)27(22)31)28-16(2)15-24(37)33-34-28/h5-12,16H,4,13-15H2,1-3H3,(H,33,37). The van der Waals surface area contributed by atoms with Crippen molar-refractivity contribution in [2.24, 2.45) is 11.0 Å². The highest BCUT2D eigenvalue weighted by molar-refractivity contribution is 6.06. The molecule has 3 heterocycles. The largest absolute Gasteiger partial charge is 0.494 e. The number of carbonyl (C=O) groups excluding carboxylic acids is 1. The Morgan fingerprint density at radius 2 is 1.77 bits per heavy atom. The number of pyridine rings is 1. The molecule has 1 N–H and O–H groups in total. The van der Waals surface area contributed by atoms with E-state index >= 15 is 0 Å². The molecule has 1 aliphatic heterocycles. The Kier molecular flexibility index (Phi) is 7.54. The minimum Gasteiger partial charge on any atom is -0.494 e. The number of carbonyl (C=O) groups is 1. The number of hydrazone groups is 1. The molecule has 4 aromatic rings. The third kappa shape index (κ3) is 5.14.